The summed E-state index contributed by atoms with van der Waals surface area (Å²) in [6.07, 6.45) is 2.21. The van der Waals surface area contributed by atoms with Crippen LogP contribution in [0.25, 0.3) is 0 Å². The summed E-state index contributed by atoms with van der Waals surface area (Å²) >= 11 is 0. The molecule has 0 saturated carbocycles. The lowest BCUT2D eigenvalue weighted by Gasteiger charge is -2.13. The van der Waals surface area contributed by atoms with E-state index < -0.39 is 0 Å². The molecule has 1 aliphatic heterocycles. The minimum absolute atomic E-state index is 0.252. The standard InChI is InChI=1S/C12H17NO/c1-9-2-4-10(5-3-9)12-7-6-11(8-14)13-12/h2-5,11-14H,6-8H2,1H3/t11-,12-/m1/s1. The van der Waals surface area contributed by atoms with E-state index >= 15 is 0 Å². The fourth-order valence-corrected chi connectivity index (χ4v) is 2.02. The molecule has 1 fully saturated rings. The first kappa shape index (κ1) is 9.69. The zero-order valence-corrected chi connectivity index (χ0v) is 8.53. The van der Waals surface area contributed by atoms with Gasteiger partial charge >= 0.3 is 0 Å². The van der Waals surface area contributed by atoms with E-state index in [2.05, 4.69) is 36.5 Å². The molecule has 0 spiro atoms. The predicted octanol–water partition coefficient (Wildman–Crippen LogP) is 1.78. The summed E-state index contributed by atoms with van der Waals surface area (Å²) < 4.78 is 0. The molecule has 0 radical (unpaired) electrons. The van der Waals surface area contributed by atoms with E-state index in [-0.39, 0.29) is 6.61 Å². The van der Waals surface area contributed by atoms with E-state index in [9.17, 15) is 0 Å². The molecular formula is C12H17NO. The predicted molar refractivity (Wildman–Crippen MR) is 57.2 cm³/mol. The highest BCUT2D eigenvalue weighted by molar-refractivity contribution is 5.24. The smallest absolute Gasteiger partial charge is 0.0584 e. The summed E-state index contributed by atoms with van der Waals surface area (Å²) in [5.74, 6) is 0. The van der Waals surface area contributed by atoms with Gasteiger partial charge in [-0.2, -0.15) is 0 Å². The second-order valence-corrected chi connectivity index (χ2v) is 4.09. The van der Waals surface area contributed by atoms with Gasteiger partial charge in [-0.25, -0.2) is 0 Å². The normalized spacial score (nSPS) is 26.7. The van der Waals surface area contributed by atoms with Gasteiger partial charge in [0, 0.05) is 12.1 Å². The zero-order chi connectivity index (χ0) is 9.97. The molecule has 76 valence electrons. The van der Waals surface area contributed by atoms with E-state index in [4.69, 9.17) is 5.11 Å². The molecule has 2 N–H and O–H groups in total. The highest BCUT2D eigenvalue weighted by Gasteiger charge is 2.23. The Morgan fingerprint density at radius 1 is 1.29 bits per heavy atom. The van der Waals surface area contributed by atoms with Gasteiger partial charge in [0.15, 0.2) is 0 Å². The number of nitrogens with one attached hydrogen (secondary N) is 1. The number of aryl methyl sites for hydroxylation is 1. The summed E-state index contributed by atoms with van der Waals surface area (Å²) in [5.41, 5.74) is 2.64. The number of benzene rings is 1. The number of hydrogen-bond donors (Lipinski definition) is 2. The maximum absolute atomic E-state index is 9.01. The van der Waals surface area contributed by atoms with E-state index in [1.54, 1.807) is 0 Å². The second-order valence-electron chi connectivity index (χ2n) is 4.09. The van der Waals surface area contributed by atoms with Crippen LogP contribution in [0.3, 0.4) is 0 Å². The Balaban J connectivity index is 2.06. The van der Waals surface area contributed by atoms with Crippen molar-refractivity contribution in [2.75, 3.05) is 6.61 Å². The van der Waals surface area contributed by atoms with Crippen LogP contribution in [0.5, 0.6) is 0 Å². The Morgan fingerprint density at radius 2 is 2.00 bits per heavy atom. The summed E-state index contributed by atoms with van der Waals surface area (Å²) in [7, 11) is 0. The average molecular weight is 191 g/mol. The van der Waals surface area contributed by atoms with Crippen molar-refractivity contribution in [3.8, 4) is 0 Å². The van der Waals surface area contributed by atoms with Crippen LogP contribution in [0.4, 0.5) is 0 Å². The van der Waals surface area contributed by atoms with Crippen molar-refractivity contribution in [2.24, 2.45) is 0 Å². The SMILES string of the molecule is Cc1ccc([C@H]2CC[C@H](CO)N2)cc1. The van der Waals surface area contributed by atoms with E-state index in [1.165, 1.54) is 11.1 Å². The highest BCUT2D eigenvalue weighted by Crippen LogP contribution is 2.26. The van der Waals surface area contributed by atoms with Gasteiger partial charge in [0.2, 0.25) is 0 Å². The Hall–Kier alpha value is -0.860. The van der Waals surface area contributed by atoms with Crippen LogP contribution in [-0.2, 0) is 0 Å². The second kappa shape index (κ2) is 4.11. The molecule has 2 rings (SSSR count). The van der Waals surface area contributed by atoms with Gasteiger partial charge in [-0.1, -0.05) is 29.8 Å². The zero-order valence-electron chi connectivity index (χ0n) is 8.53. The van der Waals surface area contributed by atoms with Gasteiger partial charge in [-0.05, 0) is 25.3 Å². The van der Waals surface area contributed by atoms with Crippen molar-refractivity contribution >= 4 is 0 Å². The maximum atomic E-state index is 9.01. The molecule has 2 heteroatoms. The minimum atomic E-state index is 0.252. The Bertz CT molecular complexity index is 294. The van der Waals surface area contributed by atoms with Gasteiger partial charge in [0.25, 0.3) is 0 Å². The van der Waals surface area contributed by atoms with Gasteiger partial charge in [0.05, 0.1) is 6.61 Å². The molecule has 1 aromatic carbocycles. The molecule has 1 saturated heterocycles. The Kier molecular flexibility index (Phi) is 2.85. The number of aliphatic hydroxyl groups excluding tert-OH is 1. The summed E-state index contributed by atoms with van der Waals surface area (Å²) in [4.78, 5) is 0. The lowest BCUT2D eigenvalue weighted by atomic mass is 10.0. The fraction of sp³-hybridized carbons (Fsp3) is 0.500. The van der Waals surface area contributed by atoms with Crippen molar-refractivity contribution < 1.29 is 5.11 Å². The third-order valence-corrected chi connectivity index (χ3v) is 2.94. The first-order valence-electron chi connectivity index (χ1n) is 5.23. The lowest BCUT2D eigenvalue weighted by molar-refractivity contribution is 0.251. The quantitative estimate of drug-likeness (QED) is 0.747. The molecular weight excluding hydrogens is 174 g/mol. The van der Waals surface area contributed by atoms with Crippen LogP contribution in [-0.4, -0.2) is 17.8 Å². The molecule has 0 aromatic heterocycles. The first-order chi connectivity index (χ1) is 6.79. The largest absolute Gasteiger partial charge is 0.395 e. The number of hydrogen-bond acceptors (Lipinski definition) is 2. The molecule has 1 aromatic rings. The molecule has 2 nitrogen and oxygen atoms in total. The van der Waals surface area contributed by atoms with Crippen molar-refractivity contribution in [2.45, 2.75) is 31.8 Å². The Morgan fingerprint density at radius 3 is 2.57 bits per heavy atom. The number of rotatable bonds is 2. The van der Waals surface area contributed by atoms with Crippen molar-refractivity contribution in [3.63, 3.8) is 0 Å². The molecule has 0 unspecified atom stereocenters. The van der Waals surface area contributed by atoms with Gasteiger partial charge in [0.1, 0.15) is 0 Å². The van der Waals surface area contributed by atoms with E-state index in [1.807, 2.05) is 0 Å². The van der Waals surface area contributed by atoms with E-state index in [0.717, 1.165) is 12.8 Å². The average Bonchev–Trinajstić information content (AvgIpc) is 2.67. The lowest BCUT2D eigenvalue weighted by Crippen LogP contribution is -2.27. The van der Waals surface area contributed by atoms with Crippen LogP contribution in [0.15, 0.2) is 24.3 Å². The molecule has 0 aliphatic carbocycles. The minimum Gasteiger partial charge on any atom is -0.395 e. The molecule has 1 aliphatic rings. The third kappa shape index (κ3) is 1.97. The van der Waals surface area contributed by atoms with Crippen molar-refractivity contribution in [1.82, 2.24) is 5.32 Å². The summed E-state index contributed by atoms with van der Waals surface area (Å²) in [6, 6.07) is 9.36. The molecule has 0 amide bonds. The van der Waals surface area contributed by atoms with Crippen molar-refractivity contribution in [1.29, 1.82) is 0 Å². The van der Waals surface area contributed by atoms with E-state index in [0.29, 0.717) is 12.1 Å². The third-order valence-electron chi connectivity index (χ3n) is 2.94. The summed E-state index contributed by atoms with van der Waals surface area (Å²) in [5, 5.41) is 12.4. The van der Waals surface area contributed by atoms with Crippen LogP contribution < -0.4 is 5.32 Å². The monoisotopic (exact) mass is 191 g/mol. The van der Waals surface area contributed by atoms with Gasteiger partial charge in [-0.15, -0.1) is 0 Å². The van der Waals surface area contributed by atoms with Crippen LogP contribution in [0.2, 0.25) is 0 Å². The maximum Gasteiger partial charge on any atom is 0.0584 e. The first-order valence-corrected chi connectivity index (χ1v) is 5.23. The number of aliphatic hydroxyl groups is 1. The molecule has 14 heavy (non-hydrogen) atoms. The van der Waals surface area contributed by atoms with Gasteiger partial charge < -0.3 is 10.4 Å². The summed E-state index contributed by atoms with van der Waals surface area (Å²) in [6.45, 7) is 2.35. The molecule has 2 atom stereocenters. The molecule has 0 bridgehead atoms. The van der Waals surface area contributed by atoms with Gasteiger partial charge in [-0.3, -0.25) is 0 Å². The van der Waals surface area contributed by atoms with Crippen LogP contribution >= 0.6 is 0 Å². The van der Waals surface area contributed by atoms with Crippen molar-refractivity contribution in [3.05, 3.63) is 35.4 Å². The molecule has 1 heterocycles. The van der Waals surface area contributed by atoms with Crippen LogP contribution in [0.1, 0.15) is 30.0 Å². The fourth-order valence-electron chi connectivity index (χ4n) is 2.02. The topological polar surface area (TPSA) is 32.3 Å². The highest BCUT2D eigenvalue weighted by atomic mass is 16.3. The Labute approximate surface area is 85.0 Å². The van der Waals surface area contributed by atoms with Crippen LogP contribution in [0, 0.1) is 6.92 Å².